The molecule has 5 heteroatoms. The van der Waals surface area contributed by atoms with E-state index in [1.54, 1.807) is 6.92 Å². The molecule has 0 bridgehead atoms. The minimum absolute atomic E-state index is 0.438. The highest BCUT2D eigenvalue weighted by Gasteiger charge is 2.09. The molecule has 19 heavy (non-hydrogen) atoms. The van der Waals surface area contributed by atoms with Gasteiger partial charge >= 0.3 is 0 Å². The van der Waals surface area contributed by atoms with Crippen molar-refractivity contribution in [3.63, 3.8) is 0 Å². The lowest BCUT2D eigenvalue weighted by Gasteiger charge is -2.10. The maximum Gasteiger partial charge on any atom is 0.227 e. The van der Waals surface area contributed by atoms with Gasteiger partial charge in [0.15, 0.2) is 0 Å². The summed E-state index contributed by atoms with van der Waals surface area (Å²) in [5.41, 5.74) is 6.52. The van der Waals surface area contributed by atoms with Gasteiger partial charge in [-0.25, -0.2) is 4.98 Å². The molecule has 0 aliphatic heterocycles. The van der Waals surface area contributed by atoms with Gasteiger partial charge in [0.2, 0.25) is 5.88 Å². The molecule has 2 rings (SSSR count). The fourth-order valence-electron chi connectivity index (χ4n) is 1.61. The van der Waals surface area contributed by atoms with E-state index < -0.39 is 0 Å². The third kappa shape index (κ3) is 3.13. The summed E-state index contributed by atoms with van der Waals surface area (Å²) in [7, 11) is 0. The van der Waals surface area contributed by atoms with Crippen LogP contribution in [0, 0.1) is 13.8 Å². The predicted octanol–water partition coefficient (Wildman–Crippen LogP) is 2.87. The Balaban J connectivity index is 2.21. The van der Waals surface area contributed by atoms with Gasteiger partial charge in [0.1, 0.15) is 23.1 Å². The van der Waals surface area contributed by atoms with Crippen LogP contribution in [0.15, 0.2) is 24.3 Å². The molecule has 0 amide bonds. The second-order valence-corrected chi connectivity index (χ2v) is 4.09. The molecule has 0 aliphatic carbocycles. The number of anilines is 1. The quantitative estimate of drug-likeness (QED) is 0.914. The Labute approximate surface area is 112 Å². The highest BCUT2D eigenvalue weighted by molar-refractivity contribution is 5.46. The molecule has 1 heterocycles. The first-order valence-electron chi connectivity index (χ1n) is 6.11. The number of aromatic nitrogens is 2. The summed E-state index contributed by atoms with van der Waals surface area (Å²) >= 11 is 0. The number of ether oxygens (including phenoxy) is 2. The lowest BCUT2D eigenvalue weighted by Crippen LogP contribution is -2.02. The summed E-state index contributed by atoms with van der Waals surface area (Å²) in [6.45, 7) is 6.20. The zero-order valence-electron chi connectivity index (χ0n) is 11.3. The van der Waals surface area contributed by atoms with Crippen molar-refractivity contribution in [1.82, 2.24) is 9.97 Å². The van der Waals surface area contributed by atoms with Crippen molar-refractivity contribution in [3.8, 4) is 17.4 Å². The molecule has 0 saturated heterocycles. The molecule has 100 valence electrons. The monoisotopic (exact) mass is 259 g/mol. The van der Waals surface area contributed by atoms with Crippen molar-refractivity contribution in [3.05, 3.63) is 35.7 Å². The predicted molar refractivity (Wildman–Crippen MR) is 73.6 cm³/mol. The van der Waals surface area contributed by atoms with Gasteiger partial charge in [-0.3, -0.25) is 0 Å². The zero-order chi connectivity index (χ0) is 13.8. The van der Waals surface area contributed by atoms with Crippen molar-refractivity contribution >= 4 is 5.82 Å². The Morgan fingerprint density at radius 2 is 1.68 bits per heavy atom. The normalized spacial score (nSPS) is 10.3. The average molecular weight is 259 g/mol. The number of hydrogen-bond donors (Lipinski definition) is 1. The molecule has 0 aliphatic rings. The van der Waals surface area contributed by atoms with E-state index in [2.05, 4.69) is 9.97 Å². The highest BCUT2D eigenvalue weighted by atomic mass is 16.5. The van der Waals surface area contributed by atoms with Crippen LogP contribution in [-0.4, -0.2) is 16.6 Å². The number of nitrogens with zero attached hydrogens (tertiary/aromatic N) is 2. The van der Waals surface area contributed by atoms with Crippen molar-refractivity contribution in [1.29, 1.82) is 0 Å². The smallest absolute Gasteiger partial charge is 0.227 e. The molecule has 0 fully saturated rings. The Bertz CT molecular complexity index is 568. The topological polar surface area (TPSA) is 70.3 Å². The minimum Gasteiger partial charge on any atom is -0.494 e. The second-order valence-electron chi connectivity index (χ2n) is 4.09. The Hall–Kier alpha value is -2.30. The molecule has 1 aromatic heterocycles. The van der Waals surface area contributed by atoms with Gasteiger partial charge in [-0.1, -0.05) is 0 Å². The van der Waals surface area contributed by atoms with Crippen LogP contribution >= 0.6 is 0 Å². The number of hydrogen-bond acceptors (Lipinski definition) is 5. The van der Waals surface area contributed by atoms with E-state index in [1.165, 1.54) is 0 Å². The summed E-state index contributed by atoms with van der Waals surface area (Å²) < 4.78 is 11.1. The first-order valence-corrected chi connectivity index (χ1v) is 6.11. The molecular weight excluding hydrogens is 242 g/mol. The van der Waals surface area contributed by atoms with Crippen LogP contribution < -0.4 is 15.2 Å². The number of nitrogen functional groups attached to an aromatic ring is 1. The Morgan fingerprint density at radius 1 is 1.05 bits per heavy atom. The van der Waals surface area contributed by atoms with Crippen LogP contribution in [0.4, 0.5) is 5.82 Å². The summed E-state index contributed by atoms with van der Waals surface area (Å²) in [4.78, 5) is 8.32. The van der Waals surface area contributed by atoms with Crippen LogP contribution in [0.1, 0.15) is 18.3 Å². The highest BCUT2D eigenvalue weighted by Crippen LogP contribution is 2.26. The number of rotatable bonds is 4. The maximum atomic E-state index is 5.79. The summed E-state index contributed by atoms with van der Waals surface area (Å²) in [5, 5.41) is 0. The summed E-state index contributed by atoms with van der Waals surface area (Å²) in [6, 6.07) is 7.37. The Morgan fingerprint density at radius 3 is 2.32 bits per heavy atom. The van der Waals surface area contributed by atoms with E-state index in [9.17, 15) is 0 Å². The van der Waals surface area contributed by atoms with Crippen molar-refractivity contribution in [2.75, 3.05) is 12.3 Å². The van der Waals surface area contributed by atoms with E-state index in [-0.39, 0.29) is 0 Å². The van der Waals surface area contributed by atoms with Gasteiger partial charge in [-0.15, -0.1) is 0 Å². The standard InChI is InChI=1S/C14H17N3O2/c1-4-18-11-5-7-12(8-6-11)19-14-9(2)13(15)16-10(3)17-14/h5-8H,4H2,1-3H3,(H2,15,16,17). The van der Waals surface area contributed by atoms with Crippen LogP contribution in [0.2, 0.25) is 0 Å². The van der Waals surface area contributed by atoms with Gasteiger partial charge in [0.05, 0.1) is 12.2 Å². The Kier molecular flexibility index (Phi) is 3.85. The second kappa shape index (κ2) is 5.56. The maximum absolute atomic E-state index is 5.79. The summed E-state index contributed by atoms with van der Waals surface area (Å²) in [5.74, 6) is 3.00. The van der Waals surface area contributed by atoms with Crippen LogP contribution in [0.3, 0.4) is 0 Å². The molecule has 1 aromatic carbocycles. The number of benzene rings is 1. The summed E-state index contributed by atoms with van der Waals surface area (Å²) in [6.07, 6.45) is 0. The molecular formula is C14H17N3O2. The van der Waals surface area contributed by atoms with E-state index in [0.717, 1.165) is 11.3 Å². The fraction of sp³-hybridized carbons (Fsp3) is 0.286. The molecule has 0 radical (unpaired) electrons. The lowest BCUT2D eigenvalue weighted by atomic mass is 10.3. The third-order valence-corrected chi connectivity index (χ3v) is 2.60. The van der Waals surface area contributed by atoms with E-state index in [1.807, 2.05) is 38.1 Å². The minimum atomic E-state index is 0.438. The van der Waals surface area contributed by atoms with E-state index >= 15 is 0 Å². The number of aryl methyl sites for hydroxylation is 1. The van der Waals surface area contributed by atoms with Gasteiger partial charge in [-0.05, 0) is 45.0 Å². The van der Waals surface area contributed by atoms with Gasteiger partial charge in [0, 0.05) is 0 Å². The van der Waals surface area contributed by atoms with Crippen molar-refractivity contribution < 1.29 is 9.47 Å². The van der Waals surface area contributed by atoms with E-state index in [0.29, 0.717) is 29.9 Å². The van der Waals surface area contributed by atoms with Crippen LogP contribution in [0.25, 0.3) is 0 Å². The molecule has 0 unspecified atom stereocenters. The van der Waals surface area contributed by atoms with Gasteiger partial charge in [0.25, 0.3) is 0 Å². The van der Waals surface area contributed by atoms with Crippen molar-refractivity contribution in [2.45, 2.75) is 20.8 Å². The first-order chi connectivity index (χ1) is 9.10. The zero-order valence-corrected chi connectivity index (χ0v) is 11.3. The molecule has 0 spiro atoms. The van der Waals surface area contributed by atoms with Crippen LogP contribution in [0.5, 0.6) is 17.4 Å². The SMILES string of the molecule is CCOc1ccc(Oc2nc(C)nc(N)c2C)cc1. The molecule has 5 nitrogen and oxygen atoms in total. The third-order valence-electron chi connectivity index (χ3n) is 2.60. The molecule has 2 N–H and O–H groups in total. The average Bonchev–Trinajstić information content (AvgIpc) is 2.38. The van der Waals surface area contributed by atoms with Gasteiger partial charge < -0.3 is 15.2 Å². The molecule has 0 saturated carbocycles. The fourth-order valence-corrected chi connectivity index (χ4v) is 1.61. The first kappa shape index (κ1) is 13.1. The van der Waals surface area contributed by atoms with Crippen molar-refractivity contribution in [2.24, 2.45) is 0 Å². The molecule has 2 aromatic rings. The number of nitrogens with two attached hydrogens (primary N) is 1. The van der Waals surface area contributed by atoms with E-state index in [4.69, 9.17) is 15.2 Å². The largest absolute Gasteiger partial charge is 0.494 e. The van der Waals surface area contributed by atoms with Crippen LogP contribution in [-0.2, 0) is 0 Å². The lowest BCUT2D eigenvalue weighted by molar-refractivity contribution is 0.339. The van der Waals surface area contributed by atoms with Gasteiger partial charge in [-0.2, -0.15) is 4.98 Å². The molecule has 0 atom stereocenters.